The average Bonchev–Trinajstić information content (AvgIpc) is 2.25. The monoisotopic (exact) mass is 518 g/mol. The predicted octanol–water partition coefficient (Wildman–Crippen LogP) is 9.22. The molecular formula is C24H56P2Si4. The molecule has 3 aliphatic heterocycles. The van der Waals surface area contributed by atoms with Gasteiger partial charge in [-0.1, -0.05) is 126 Å². The van der Waals surface area contributed by atoms with Crippen LogP contribution in [0.25, 0.3) is 0 Å². The van der Waals surface area contributed by atoms with Crippen LogP contribution < -0.4 is 0 Å². The van der Waals surface area contributed by atoms with E-state index in [1.807, 2.05) is 0 Å². The molecule has 0 radical (unpaired) electrons. The summed E-state index contributed by atoms with van der Waals surface area (Å²) in [6.45, 7) is 45.1. The first-order valence-corrected chi connectivity index (χ1v) is 29.9. The maximum absolute atomic E-state index is 2.85. The van der Waals surface area contributed by atoms with Crippen LogP contribution in [0.4, 0.5) is 0 Å². The van der Waals surface area contributed by atoms with Crippen molar-refractivity contribution in [1.82, 2.24) is 0 Å². The van der Waals surface area contributed by atoms with Gasteiger partial charge in [0.2, 0.25) is 0 Å². The van der Waals surface area contributed by atoms with Gasteiger partial charge in [0, 0.05) is 18.9 Å². The Morgan fingerprint density at radius 1 is 0.733 bits per heavy atom. The molecule has 0 nitrogen and oxygen atoms in total. The fourth-order valence-corrected chi connectivity index (χ4v) is 74.8. The Morgan fingerprint density at radius 2 is 1.07 bits per heavy atom. The van der Waals surface area contributed by atoms with Gasteiger partial charge in [0.25, 0.3) is 0 Å². The highest BCUT2D eigenvalue weighted by Gasteiger charge is 2.73. The van der Waals surface area contributed by atoms with E-state index in [0.29, 0.717) is 10.8 Å². The van der Waals surface area contributed by atoms with Crippen molar-refractivity contribution in [2.45, 2.75) is 129 Å². The van der Waals surface area contributed by atoms with Crippen LogP contribution in [0.3, 0.4) is 0 Å². The maximum Gasteiger partial charge on any atom is 0.0684 e. The van der Waals surface area contributed by atoms with Crippen molar-refractivity contribution >= 4 is 51.6 Å². The lowest BCUT2D eigenvalue weighted by Crippen LogP contribution is -2.71. The van der Waals surface area contributed by atoms with E-state index in [4.69, 9.17) is 0 Å². The Balaban J connectivity index is 3.10. The topological polar surface area (TPSA) is 0 Å². The third kappa shape index (κ3) is 4.47. The molecule has 0 aliphatic carbocycles. The van der Waals surface area contributed by atoms with E-state index in [-0.39, 0.29) is 7.92 Å². The van der Waals surface area contributed by atoms with Crippen LogP contribution >= 0.6 is 14.8 Å². The van der Waals surface area contributed by atoms with Crippen molar-refractivity contribution in [3.05, 3.63) is 0 Å². The smallest absolute Gasteiger partial charge is 0.0684 e. The van der Waals surface area contributed by atoms with Gasteiger partial charge in [-0.2, -0.15) is 0 Å². The Bertz CT molecular complexity index is 692. The molecule has 3 unspecified atom stereocenters. The van der Waals surface area contributed by atoms with Crippen molar-refractivity contribution in [2.24, 2.45) is 10.8 Å². The molecule has 3 atom stereocenters. The van der Waals surface area contributed by atoms with Crippen molar-refractivity contribution in [3.63, 3.8) is 0 Å². The molecule has 3 saturated heterocycles. The lowest BCUT2D eigenvalue weighted by atomic mass is 9.99. The Kier molecular flexibility index (Phi) is 7.00. The second-order valence-corrected chi connectivity index (χ2v) is 47.2. The average molecular weight is 519 g/mol. The summed E-state index contributed by atoms with van der Waals surface area (Å²) >= 11 is 0. The molecule has 0 saturated carbocycles. The van der Waals surface area contributed by atoms with Crippen molar-refractivity contribution in [3.8, 4) is 0 Å². The highest BCUT2D eigenvalue weighted by atomic mass is 31.3. The van der Waals surface area contributed by atoms with E-state index >= 15 is 0 Å². The molecule has 3 rings (SSSR count). The molecule has 3 aliphatic rings. The van der Waals surface area contributed by atoms with Crippen LogP contribution in [0.1, 0.15) is 41.5 Å². The third-order valence-electron chi connectivity index (χ3n) is 7.35. The maximum atomic E-state index is 2.85. The second kappa shape index (κ2) is 7.55. The molecule has 0 aromatic heterocycles. The van der Waals surface area contributed by atoms with E-state index < -0.39 is 39.2 Å². The highest BCUT2D eigenvalue weighted by Crippen LogP contribution is 2.97. The fourth-order valence-electron chi connectivity index (χ4n) is 8.89. The summed E-state index contributed by atoms with van der Waals surface area (Å²) in [4.78, 5) is 1.15. The van der Waals surface area contributed by atoms with E-state index in [9.17, 15) is 0 Å². The molecule has 178 valence electrons. The van der Waals surface area contributed by atoms with Crippen molar-refractivity contribution in [2.75, 3.05) is 5.79 Å². The van der Waals surface area contributed by atoms with E-state index in [2.05, 4.69) is 118 Å². The molecule has 0 spiro atoms. The van der Waals surface area contributed by atoms with Gasteiger partial charge in [0.05, 0.1) is 24.2 Å². The molecule has 0 aromatic rings. The van der Waals surface area contributed by atoms with Crippen molar-refractivity contribution < 1.29 is 0 Å². The van der Waals surface area contributed by atoms with Gasteiger partial charge in [-0.15, -0.1) is 6.89 Å². The largest absolute Gasteiger partial charge is 0.100 e. The van der Waals surface area contributed by atoms with Crippen molar-refractivity contribution in [1.29, 1.82) is 0 Å². The summed E-state index contributed by atoms with van der Waals surface area (Å²) < 4.78 is 2.30. The van der Waals surface area contributed by atoms with Crippen LogP contribution in [-0.2, 0) is 0 Å². The van der Waals surface area contributed by atoms with Gasteiger partial charge in [-0.25, -0.2) is 0 Å². The van der Waals surface area contributed by atoms with Crippen LogP contribution in [0.2, 0.25) is 72.0 Å². The number of hydrogen-bond donors (Lipinski definition) is 0. The number of rotatable bonds is 3. The lowest BCUT2D eigenvalue weighted by Gasteiger charge is -2.78. The lowest BCUT2D eigenvalue weighted by molar-refractivity contribution is 0.403. The van der Waals surface area contributed by atoms with Gasteiger partial charge < -0.3 is 0 Å². The molecular weight excluding hydrogens is 463 g/mol. The molecule has 2 bridgehead atoms. The first kappa shape index (κ1) is 27.8. The summed E-state index contributed by atoms with van der Waals surface area (Å²) in [5, 5.41) is 2.13. The fraction of sp³-hybridized carbons (Fsp3) is 0.958. The summed E-state index contributed by atoms with van der Waals surface area (Å²) in [5.41, 5.74) is 0.961. The molecule has 0 amide bonds. The zero-order valence-corrected chi connectivity index (χ0v) is 29.6. The quantitative estimate of drug-likeness (QED) is 0.258. The summed E-state index contributed by atoms with van der Waals surface area (Å²) in [6.07, 6.45) is 0. The first-order valence-electron chi connectivity index (χ1n) is 12.3. The number of hydrogen-bond acceptors (Lipinski definition) is 0. The minimum atomic E-state index is -1.34. The SMILES string of the molecule is CC(C)(C)C1P2C([Si](C)(C)C)[Si](C)(C)CP1(=C([Si](C)(C)C)[Si](C)(C)C)C2C(C)(C)C. The van der Waals surface area contributed by atoms with Crippen LogP contribution in [0, 0.1) is 10.8 Å². The minimum Gasteiger partial charge on any atom is -0.100 e. The number of fused-ring (bicyclic) bond motifs is 2. The molecule has 0 aromatic carbocycles. The third-order valence-corrected chi connectivity index (χ3v) is 52.3. The van der Waals surface area contributed by atoms with E-state index in [1.165, 1.54) is 0 Å². The van der Waals surface area contributed by atoms with Gasteiger partial charge in [-0.05, 0) is 21.5 Å². The summed E-state index contributed by atoms with van der Waals surface area (Å²) in [7, 11) is -4.99. The van der Waals surface area contributed by atoms with Crippen LogP contribution in [-0.4, -0.2) is 58.3 Å². The van der Waals surface area contributed by atoms with Crippen LogP contribution in [0.5, 0.6) is 0 Å². The zero-order chi connectivity index (χ0) is 24.1. The van der Waals surface area contributed by atoms with E-state index in [0.717, 1.165) is 15.7 Å². The predicted molar refractivity (Wildman–Crippen MR) is 162 cm³/mol. The van der Waals surface area contributed by atoms with Gasteiger partial charge in [0.1, 0.15) is 0 Å². The Hall–Kier alpha value is 1.60. The Labute approximate surface area is 196 Å². The molecule has 3 fully saturated rings. The first-order chi connectivity index (χ1) is 12.8. The Morgan fingerprint density at radius 3 is 1.30 bits per heavy atom. The van der Waals surface area contributed by atoms with Gasteiger partial charge >= 0.3 is 0 Å². The van der Waals surface area contributed by atoms with Gasteiger partial charge in [0.15, 0.2) is 0 Å². The normalized spacial score (nSPS) is 35.1. The second-order valence-electron chi connectivity index (χ2n) is 16.6. The molecule has 6 heteroatoms. The standard InChI is InChI=1S/C24H56P2Si4/c1-23(2,3)19-25-20(24(4,5)6)26(19,22(28(10,11)12)29(13,14)15)18-30(16,17)21(25)27(7,8)9/h19-21H,18H2,1-17H3. The summed E-state index contributed by atoms with van der Waals surface area (Å²) in [5.74, 6) is 1.71. The minimum absolute atomic E-state index is 0.131. The highest BCUT2D eigenvalue weighted by molar-refractivity contribution is 8.09. The molecule has 0 N–H and O–H groups in total. The molecule has 30 heavy (non-hydrogen) atoms. The summed E-state index contributed by atoms with van der Waals surface area (Å²) in [6, 6.07) is 0. The van der Waals surface area contributed by atoms with Crippen LogP contribution in [0.15, 0.2) is 0 Å². The van der Waals surface area contributed by atoms with E-state index in [1.54, 1.807) is 5.79 Å². The molecule has 3 heterocycles. The zero-order valence-electron chi connectivity index (χ0n) is 23.8. The van der Waals surface area contributed by atoms with Gasteiger partial charge in [-0.3, -0.25) is 0 Å².